The van der Waals surface area contributed by atoms with E-state index >= 15 is 0 Å². The summed E-state index contributed by atoms with van der Waals surface area (Å²) in [6.45, 7) is 0.974. The third-order valence-electron chi connectivity index (χ3n) is 7.46. The summed E-state index contributed by atoms with van der Waals surface area (Å²) < 4.78 is 5.44. The Labute approximate surface area is 194 Å². The number of nitrogens with one attached hydrogen (secondary N) is 2. The molecule has 0 spiro atoms. The van der Waals surface area contributed by atoms with Gasteiger partial charge in [0.05, 0.1) is 31.4 Å². The number of piperidine rings is 2. The second kappa shape index (κ2) is 9.15. The summed E-state index contributed by atoms with van der Waals surface area (Å²) in [6.07, 6.45) is 6.97. The highest BCUT2D eigenvalue weighted by Gasteiger charge is 2.45. The normalized spacial score (nSPS) is 28.7. The molecule has 10 nitrogen and oxygen atoms in total. The molecule has 0 radical (unpaired) electrons. The molecule has 5 atom stereocenters. The van der Waals surface area contributed by atoms with Crippen molar-refractivity contribution in [3.63, 3.8) is 0 Å². The second-order valence-electron chi connectivity index (χ2n) is 9.56. The van der Waals surface area contributed by atoms with Gasteiger partial charge in [-0.1, -0.05) is 6.42 Å². The quantitative estimate of drug-likeness (QED) is 0.553. The fourth-order valence-corrected chi connectivity index (χ4v) is 5.48. The average molecular weight is 453 g/mol. The standard InChI is InChI=1S/C23H32N8O2/c1-30(19-8-17-4-3-5-18(9-19)31(17)12-15-6-14(15)11-24)23-26-20(10-22(27-23)33-2)25-21-7-16(13-32)28-29-21/h7,10,14-15,17-19,32H,3-6,8-9,12-13H2,1-2H3,(H2,25,26,27,28,29)/t14?,15?,17-,18+,19?. The first-order chi connectivity index (χ1) is 16.1. The maximum Gasteiger partial charge on any atom is 0.230 e. The van der Waals surface area contributed by atoms with E-state index < -0.39 is 0 Å². The van der Waals surface area contributed by atoms with Gasteiger partial charge in [0.2, 0.25) is 11.8 Å². The van der Waals surface area contributed by atoms with Crippen LogP contribution < -0.4 is 15.0 Å². The maximum atomic E-state index is 9.26. The molecule has 3 aliphatic rings. The number of aliphatic hydroxyl groups is 1. The summed E-state index contributed by atoms with van der Waals surface area (Å²) in [4.78, 5) is 14.2. The molecule has 3 fully saturated rings. The van der Waals surface area contributed by atoms with Gasteiger partial charge in [-0.05, 0) is 38.0 Å². The number of methoxy groups -OCH3 is 1. The second-order valence-corrected chi connectivity index (χ2v) is 9.56. The highest BCUT2D eigenvalue weighted by Crippen LogP contribution is 2.43. The van der Waals surface area contributed by atoms with Crippen molar-refractivity contribution in [2.45, 2.75) is 63.3 Å². The molecule has 2 aromatic heterocycles. The zero-order valence-electron chi connectivity index (χ0n) is 19.2. The van der Waals surface area contributed by atoms with Gasteiger partial charge in [-0.2, -0.15) is 20.3 Å². The Morgan fingerprint density at radius 1 is 1.24 bits per heavy atom. The first kappa shape index (κ1) is 21.9. The molecule has 0 amide bonds. The Balaban J connectivity index is 1.30. The summed E-state index contributed by atoms with van der Waals surface area (Å²) in [7, 11) is 3.67. The number of nitrogens with zero attached hydrogens (tertiary/aromatic N) is 6. The molecular formula is C23H32N8O2. The van der Waals surface area contributed by atoms with Crippen LogP contribution in [0.25, 0.3) is 0 Å². The minimum Gasteiger partial charge on any atom is -0.481 e. The van der Waals surface area contributed by atoms with Crippen molar-refractivity contribution in [2.24, 2.45) is 11.8 Å². The maximum absolute atomic E-state index is 9.26. The largest absolute Gasteiger partial charge is 0.481 e. The topological polar surface area (TPSA) is 126 Å². The lowest BCUT2D eigenvalue weighted by molar-refractivity contribution is 0.0260. The smallest absolute Gasteiger partial charge is 0.230 e. The number of fused-ring (bicyclic) bond motifs is 2. The predicted octanol–water partition coefficient (Wildman–Crippen LogP) is 2.43. The Morgan fingerprint density at radius 3 is 2.67 bits per heavy atom. The Hall–Kier alpha value is -2.90. The third kappa shape index (κ3) is 4.61. The molecule has 3 unspecified atom stereocenters. The van der Waals surface area contributed by atoms with Crippen LogP contribution in [0.5, 0.6) is 5.88 Å². The minimum atomic E-state index is -0.102. The van der Waals surface area contributed by atoms with Crippen LogP contribution in [-0.2, 0) is 6.61 Å². The van der Waals surface area contributed by atoms with Gasteiger partial charge in [0.15, 0.2) is 5.82 Å². The van der Waals surface area contributed by atoms with Crippen LogP contribution in [0.2, 0.25) is 0 Å². The van der Waals surface area contributed by atoms with E-state index in [1.54, 1.807) is 19.2 Å². The predicted molar refractivity (Wildman–Crippen MR) is 123 cm³/mol. The molecule has 1 aliphatic carbocycles. The van der Waals surface area contributed by atoms with Gasteiger partial charge in [-0.25, -0.2) is 0 Å². The van der Waals surface area contributed by atoms with Crippen molar-refractivity contribution in [3.8, 4) is 11.9 Å². The average Bonchev–Trinajstić information content (AvgIpc) is 3.43. The zero-order chi connectivity index (χ0) is 22.9. The first-order valence-electron chi connectivity index (χ1n) is 11.8. The van der Waals surface area contributed by atoms with E-state index in [1.807, 2.05) is 0 Å². The van der Waals surface area contributed by atoms with Crippen LogP contribution in [0.4, 0.5) is 17.6 Å². The highest BCUT2D eigenvalue weighted by molar-refractivity contribution is 5.55. The number of aromatic amines is 1. The number of nitriles is 1. The van der Waals surface area contributed by atoms with Gasteiger partial charge in [-0.15, -0.1) is 0 Å². The van der Waals surface area contributed by atoms with Crippen molar-refractivity contribution in [1.82, 2.24) is 25.1 Å². The van der Waals surface area contributed by atoms with E-state index in [0.29, 0.717) is 53.2 Å². The molecule has 2 bridgehead atoms. The Morgan fingerprint density at radius 2 is 2.03 bits per heavy atom. The summed E-state index contributed by atoms with van der Waals surface area (Å²) in [5.41, 5.74) is 0.626. The molecule has 4 heterocycles. The summed E-state index contributed by atoms with van der Waals surface area (Å²) in [6, 6.07) is 7.41. The number of aliphatic hydroxyl groups excluding tert-OH is 1. The van der Waals surface area contributed by atoms with E-state index in [4.69, 9.17) is 9.72 Å². The van der Waals surface area contributed by atoms with Crippen molar-refractivity contribution in [3.05, 3.63) is 17.8 Å². The highest BCUT2D eigenvalue weighted by atomic mass is 16.5. The molecule has 2 aromatic rings. The number of rotatable bonds is 8. The molecule has 33 heavy (non-hydrogen) atoms. The van der Waals surface area contributed by atoms with E-state index in [-0.39, 0.29) is 12.5 Å². The van der Waals surface area contributed by atoms with Crippen molar-refractivity contribution in [2.75, 3.05) is 30.9 Å². The molecule has 1 saturated carbocycles. The van der Waals surface area contributed by atoms with Gasteiger partial charge >= 0.3 is 0 Å². The minimum absolute atomic E-state index is 0.102. The van der Waals surface area contributed by atoms with E-state index in [1.165, 1.54) is 19.3 Å². The van der Waals surface area contributed by atoms with Gasteiger partial charge in [0.1, 0.15) is 5.82 Å². The lowest BCUT2D eigenvalue weighted by atomic mass is 9.81. The SMILES string of the molecule is COc1cc(Nc2cc(CO)[nH]n2)nc(N(C)C2C[C@H]3CCC[C@@H](C2)N3CC2CC2C#N)n1. The van der Waals surface area contributed by atoms with Crippen LogP contribution in [0, 0.1) is 23.2 Å². The lowest BCUT2D eigenvalue weighted by Gasteiger charge is -2.50. The van der Waals surface area contributed by atoms with Crippen molar-refractivity contribution >= 4 is 17.6 Å². The van der Waals surface area contributed by atoms with Gasteiger partial charge in [0.25, 0.3) is 0 Å². The monoisotopic (exact) mass is 452 g/mol. The van der Waals surface area contributed by atoms with Crippen LogP contribution >= 0.6 is 0 Å². The van der Waals surface area contributed by atoms with Crippen LogP contribution in [-0.4, -0.2) is 69.0 Å². The van der Waals surface area contributed by atoms with E-state index in [0.717, 1.165) is 25.8 Å². The molecule has 2 aliphatic heterocycles. The van der Waals surface area contributed by atoms with Gasteiger partial charge < -0.3 is 20.1 Å². The fraction of sp³-hybridized carbons (Fsp3) is 0.652. The Bertz CT molecular complexity index is 1010. The lowest BCUT2D eigenvalue weighted by Crippen LogP contribution is -2.57. The van der Waals surface area contributed by atoms with Gasteiger partial charge in [-0.3, -0.25) is 10.00 Å². The molecule has 10 heteroatoms. The van der Waals surface area contributed by atoms with Crippen LogP contribution in [0.15, 0.2) is 12.1 Å². The summed E-state index contributed by atoms with van der Waals surface area (Å²) >= 11 is 0. The molecule has 5 rings (SSSR count). The summed E-state index contributed by atoms with van der Waals surface area (Å²) in [5.74, 6) is 3.11. The van der Waals surface area contributed by atoms with E-state index in [9.17, 15) is 10.4 Å². The van der Waals surface area contributed by atoms with Crippen molar-refractivity contribution in [1.29, 1.82) is 5.26 Å². The zero-order valence-corrected chi connectivity index (χ0v) is 19.2. The fourth-order valence-electron chi connectivity index (χ4n) is 5.48. The molecule has 0 aromatic carbocycles. The summed E-state index contributed by atoms with van der Waals surface area (Å²) in [5, 5.41) is 28.6. The van der Waals surface area contributed by atoms with Gasteiger partial charge in [0, 0.05) is 43.9 Å². The molecule has 3 N–H and O–H groups in total. The Kier molecular flexibility index (Phi) is 6.08. The first-order valence-corrected chi connectivity index (χ1v) is 11.8. The number of H-pyrrole nitrogens is 1. The molecule has 176 valence electrons. The number of aromatic nitrogens is 4. The van der Waals surface area contributed by atoms with Crippen molar-refractivity contribution < 1.29 is 9.84 Å². The third-order valence-corrected chi connectivity index (χ3v) is 7.46. The number of ether oxygens (including phenoxy) is 1. The number of anilines is 3. The van der Waals surface area contributed by atoms with Crippen LogP contribution in [0.3, 0.4) is 0 Å². The number of hydrogen-bond acceptors (Lipinski definition) is 9. The van der Waals surface area contributed by atoms with Crippen LogP contribution in [0.1, 0.15) is 44.2 Å². The van der Waals surface area contributed by atoms with E-state index in [2.05, 4.69) is 43.4 Å². The molecular weight excluding hydrogens is 420 g/mol. The number of hydrogen-bond donors (Lipinski definition) is 3. The molecule has 2 saturated heterocycles.